The number of rotatable bonds is 4. The van der Waals surface area contributed by atoms with Crippen molar-refractivity contribution in [1.82, 2.24) is 4.72 Å². The van der Waals surface area contributed by atoms with Crippen LogP contribution in [0.15, 0.2) is 23.1 Å². The molecule has 1 saturated carbocycles. The van der Waals surface area contributed by atoms with Crippen LogP contribution in [0.5, 0.6) is 0 Å². The fourth-order valence-corrected chi connectivity index (χ4v) is 3.28. The van der Waals surface area contributed by atoms with E-state index in [1.807, 2.05) is 0 Å². The summed E-state index contributed by atoms with van der Waals surface area (Å²) >= 11 is 0. The Morgan fingerprint density at radius 1 is 1.32 bits per heavy atom. The molecule has 0 bridgehead atoms. The van der Waals surface area contributed by atoms with Crippen molar-refractivity contribution in [2.75, 3.05) is 18.1 Å². The van der Waals surface area contributed by atoms with E-state index < -0.39 is 10.0 Å². The largest absolute Gasteiger partial charge is 0.397 e. The summed E-state index contributed by atoms with van der Waals surface area (Å²) in [6.45, 7) is 2.22. The summed E-state index contributed by atoms with van der Waals surface area (Å²) in [6.07, 6.45) is 3.59. The summed E-state index contributed by atoms with van der Waals surface area (Å²) in [5, 5.41) is 3.42. The molecule has 2 atom stereocenters. The molecule has 1 aliphatic carbocycles. The SMILES string of the molecule is CNS(=O)(=O)c1ccc(NC2CCCC2C)c(N)c1. The Morgan fingerprint density at radius 3 is 2.58 bits per heavy atom. The molecule has 0 radical (unpaired) electrons. The Morgan fingerprint density at radius 2 is 2.05 bits per heavy atom. The minimum absolute atomic E-state index is 0.192. The van der Waals surface area contributed by atoms with Gasteiger partial charge < -0.3 is 11.1 Å². The molecule has 4 N–H and O–H groups in total. The van der Waals surface area contributed by atoms with Gasteiger partial charge in [0.05, 0.1) is 16.3 Å². The van der Waals surface area contributed by atoms with Crippen LogP contribution in [-0.2, 0) is 10.0 Å². The highest BCUT2D eigenvalue weighted by molar-refractivity contribution is 7.89. The quantitative estimate of drug-likeness (QED) is 0.735. The van der Waals surface area contributed by atoms with E-state index in [0.29, 0.717) is 17.6 Å². The average molecular weight is 283 g/mol. The van der Waals surface area contributed by atoms with Gasteiger partial charge in [0.1, 0.15) is 0 Å². The van der Waals surface area contributed by atoms with Gasteiger partial charge in [0.2, 0.25) is 10.0 Å². The normalized spacial score (nSPS) is 23.5. The maximum absolute atomic E-state index is 11.7. The van der Waals surface area contributed by atoms with Crippen LogP contribution in [0, 0.1) is 5.92 Å². The smallest absolute Gasteiger partial charge is 0.240 e. The van der Waals surface area contributed by atoms with Crippen molar-refractivity contribution in [1.29, 1.82) is 0 Å². The molecule has 19 heavy (non-hydrogen) atoms. The van der Waals surface area contributed by atoms with Gasteiger partial charge in [-0.25, -0.2) is 13.1 Å². The number of hydrogen-bond donors (Lipinski definition) is 3. The molecule has 5 nitrogen and oxygen atoms in total. The number of nitrogens with two attached hydrogens (primary N) is 1. The first kappa shape index (κ1) is 14.1. The summed E-state index contributed by atoms with van der Waals surface area (Å²) in [6, 6.07) is 5.23. The van der Waals surface area contributed by atoms with Gasteiger partial charge in [0.25, 0.3) is 0 Å². The van der Waals surface area contributed by atoms with Gasteiger partial charge in [-0.1, -0.05) is 13.3 Å². The van der Waals surface area contributed by atoms with Crippen LogP contribution in [0.25, 0.3) is 0 Å². The second-order valence-corrected chi connectivity index (χ2v) is 7.00. The minimum atomic E-state index is -3.43. The van der Waals surface area contributed by atoms with Crippen molar-refractivity contribution in [2.24, 2.45) is 5.92 Å². The van der Waals surface area contributed by atoms with Crippen LogP contribution in [0.1, 0.15) is 26.2 Å². The van der Waals surface area contributed by atoms with Crippen molar-refractivity contribution < 1.29 is 8.42 Å². The molecule has 2 rings (SSSR count). The van der Waals surface area contributed by atoms with Gasteiger partial charge in [-0.15, -0.1) is 0 Å². The maximum Gasteiger partial charge on any atom is 0.240 e. The maximum atomic E-state index is 11.7. The highest BCUT2D eigenvalue weighted by Crippen LogP contribution is 2.30. The van der Waals surface area contributed by atoms with Gasteiger partial charge in [-0.3, -0.25) is 0 Å². The highest BCUT2D eigenvalue weighted by atomic mass is 32.2. The Labute approximate surface area is 114 Å². The number of nitrogen functional groups attached to an aromatic ring is 1. The molecule has 0 heterocycles. The second-order valence-electron chi connectivity index (χ2n) is 5.12. The molecule has 1 aromatic carbocycles. The molecule has 0 spiro atoms. The lowest BCUT2D eigenvalue weighted by atomic mass is 10.1. The molecule has 0 aromatic heterocycles. The zero-order valence-corrected chi connectivity index (χ0v) is 12.1. The molecule has 0 saturated heterocycles. The molecule has 0 amide bonds. The van der Waals surface area contributed by atoms with Crippen molar-refractivity contribution in [2.45, 2.75) is 37.1 Å². The van der Waals surface area contributed by atoms with Gasteiger partial charge >= 0.3 is 0 Å². The minimum Gasteiger partial charge on any atom is -0.397 e. The van der Waals surface area contributed by atoms with Crippen molar-refractivity contribution in [3.05, 3.63) is 18.2 Å². The van der Waals surface area contributed by atoms with E-state index in [0.717, 1.165) is 12.1 Å². The number of hydrogen-bond acceptors (Lipinski definition) is 4. The predicted molar refractivity (Wildman–Crippen MR) is 77.5 cm³/mol. The molecule has 0 aliphatic heterocycles. The van der Waals surface area contributed by atoms with Crippen molar-refractivity contribution in [3.8, 4) is 0 Å². The van der Waals surface area contributed by atoms with E-state index >= 15 is 0 Å². The third kappa shape index (κ3) is 3.01. The lowest BCUT2D eigenvalue weighted by molar-refractivity contribution is 0.556. The Kier molecular flexibility index (Phi) is 4.01. The summed E-state index contributed by atoms with van der Waals surface area (Å²) in [4.78, 5) is 0.192. The lowest BCUT2D eigenvalue weighted by Gasteiger charge is -2.20. The molecule has 2 unspecified atom stereocenters. The number of anilines is 2. The van der Waals surface area contributed by atoms with Gasteiger partial charge in [-0.2, -0.15) is 0 Å². The lowest BCUT2D eigenvalue weighted by Crippen LogP contribution is -2.23. The number of nitrogens with one attached hydrogen (secondary N) is 2. The van der Waals surface area contributed by atoms with E-state index in [1.54, 1.807) is 12.1 Å². The first-order valence-electron chi connectivity index (χ1n) is 6.53. The Hall–Kier alpha value is -1.27. The zero-order valence-electron chi connectivity index (χ0n) is 11.3. The Bertz CT molecular complexity index is 557. The van der Waals surface area contributed by atoms with Crippen LogP contribution in [0.3, 0.4) is 0 Å². The third-order valence-electron chi connectivity index (χ3n) is 3.80. The first-order chi connectivity index (χ1) is 8.94. The van der Waals surface area contributed by atoms with Crippen LogP contribution < -0.4 is 15.8 Å². The summed E-state index contributed by atoms with van der Waals surface area (Å²) < 4.78 is 25.6. The van der Waals surface area contributed by atoms with E-state index in [4.69, 9.17) is 5.73 Å². The molecule has 1 fully saturated rings. The van der Waals surface area contributed by atoms with Gasteiger partial charge in [-0.05, 0) is 44.0 Å². The van der Waals surface area contributed by atoms with Crippen LogP contribution in [0.4, 0.5) is 11.4 Å². The predicted octanol–water partition coefficient (Wildman–Crippen LogP) is 1.78. The van der Waals surface area contributed by atoms with Crippen molar-refractivity contribution in [3.63, 3.8) is 0 Å². The number of benzene rings is 1. The first-order valence-corrected chi connectivity index (χ1v) is 8.02. The van der Waals surface area contributed by atoms with Crippen molar-refractivity contribution >= 4 is 21.4 Å². The van der Waals surface area contributed by atoms with E-state index in [1.165, 1.54) is 26.0 Å². The van der Waals surface area contributed by atoms with Gasteiger partial charge in [0.15, 0.2) is 0 Å². The highest BCUT2D eigenvalue weighted by Gasteiger charge is 2.23. The van der Waals surface area contributed by atoms with Crippen LogP contribution in [0.2, 0.25) is 0 Å². The zero-order chi connectivity index (χ0) is 14.0. The third-order valence-corrected chi connectivity index (χ3v) is 5.22. The van der Waals surface area contributed by atoms with Crippen LogP contribution >= 0.6 is 0 Å². The van der Waals surface area contributed by atoms with Crippen LogP contribution in [-0.4, -0.2) is 21.5 Å². The summed E-state index contributed by atoms with van der Waals surface area (Å²) in [7, 11) is -2.05. The van der Waals surface area contributed by atoms with E-state index in [2.05, 4.69) is 17.0 Å². The molecular weight excluding hydrogens is 262 g/mol. The fraction of sp³-hybridized carbons (Fsp3) is 0.538. The molecule has 6 heteroatoms. The van der Waals surface area contributed by atoms with E-state index in [9.17, 15) is 8.42 Å². The topological polar surface area (TPSA) is 84.2 Å². The standard InChI is InChI=1S/C13H21N3O2S/c1-9-4-3-5-12(9)16-13-7-6-10(8-11(13)14)19(17,18)15-2/h6-9,12,15-16H,3-5,14H2,1-2H3. The Balaban J connectivity index is 2.20. The monoisotopic (exact) mass is 283 g/mol. The molecule has 1 aliphatic rings. The molecular formula is C13H21N3O2S. The molecule has 1 aromatic rings. The average Bonchev–Trinajstić information content (AvgIpc) is 2.77. The van der Waals surface area contributed by atoms with Gasteiger partial charge in [0, 0.05) is 6.04 Å². The van der Waals surface area contributed by atoms with E-state index in [-0.39, 0.29) is 4.90 Å². The summed E-state index contributed by atoms with van der Waals surface area (Å²) in [5.41, 5.74) is 7.22. The fourth-order valence-electron chi connectivity index (χ4n) is 2.52. The molecule has 106 valence electrons. The second kappa shape index (κ2) is 5.38. The summed E-state index contributed by atoms with van der Waals surface area (Å²) in [5.74, 6) is 0.625. The number of sulfonamides is 1.